The third kappa shape index (κ3) is 4.34. The Balaban J connectivity index is 1.48. The summed E-state index contributed by atoms with van der Waals surface area (Å²) in [5.74, 6) is 0.781. The predicted molar refractivity (Wildman–Crippen MR) is 98.3 cm³/mol. The molecule has 0 radical (unpaired) electrons. The molecular weight excluding hydrogens is 298 g/mol. The van der Waals surface area contributed by atoms with Gasteiger partial charge in [-0.3, -0.25) is 0 Å². The zero-order valence-electron chi connectivity index (χ0n) is 13.9. The van der Waals surface area contributed by atoms with Crippen LogP contribution in [0.15, 0.2) is 72.8 Å². The molecule has 0 saturated heterocycles. The van der Waals surface area contributed by atoms with Gasteiger partial charge in [0.2, 0.25) is 0 Å². The predicted octanol–water partition coefficient (Wildman–Crippen LogP) is 3.93. The molecule has 0 bridgehead atoms. The first-order chi connectivity index (χ1) is 11.7. The van der Waals surface area contributed by atoms with Crippen LogP contribution in [0.25, 0.3) is 10.8 Å². The number of ether oxygens (including phenoxy) is 1. The first kappa shape index (κ1) is 16.5. The fourth-order valence-electron chi connectivity index (χ4n) is 2.68. The van der Waals surface area contributed by atoms with Gasteiger partial charge in [0, 0.05) is 12.6 Å². The third-order valence-electron chi connectivity index (χ3n) is 4.12. The highest BCUT2D eigenvalue weighted by atomic mass is 16.5. The molecule has 0 fully saturated rings. The van der Waals surface area contributed by atoms with Crippen LogP contribution in [0.2, 0.25) is 0 Å². The van der Waals surface area contributed by atoms with Gasteiger partial charge in [0.1, 0.15) is 18.5 Å². The summed E-state index contributed by atoms with van der Waals surface area (Å²) < 4.78 is 5.72. The quantitative estimate of drug-likeness (QED) is 0.693. The smallest absolute Gasteiger partial charge is 0.120 e. The van der Waals surface area contributed by atoms with E-state index >= 15 is 0 Å². The van der Waals surface area contributed by atoms with E-state index < -0.39 is 6.10 Å². The lowest BCUT2D eigenvalue weighted by Crippen LogP contribution is -2.33. The molecule has 0 unspecified atom stereocenters. The lowest BCUT2D eigenvalue weighted by atomic mass is 10.1. The molecule has 3 heteroatoms. The van der Waals surface area contributed by atoms with Crippen LogP contribution in [0, 0.1) is 0 Å². The average molecular weight is 321 g/mol. The van der Waals surface area contributed by atoms with Gasteiger partial charge in [0.25, 0.3) is 0 Å². The maximum atomic E-state index is 10.1. The highest BCUT2D eigenvalue weighted by molar-refractivity contribution is 5.83. The van der Waals surface area contributed by atoms with Crippen LogP contribution < -0.4 is 10.1 Å². The van der Waals surface area contributed by atoms with Crippen LogP contribution in [-0.4, -0.2) is 24.4 Å². The van der Waals surface area contributed by atoms with Crippen molar-refractivity contribution in [2.45, 2.75) is 19.1 Å². The van der Waals surface area contributed by atoms with Gasteiger partial charge in [-0.1, -0.05) is 60.7 Å². The van der Waals surface area contributed by atoms with E-state index in [1.807, 2.05) is 48.5 Å². The van der Waals surface area contributed by atoms with Crippen molar-refractivity contribution in [2.75, 3.05) is 13.2 Å². The Bertz CT molecular complexity index is 773. The van der Waals surface area contributed by atoms with Crippen LogP contribution in [0.1, 0.15) is 18.5 Å². The van der Waals surface area contributed by atoms with E-state index in [1.165, 1.54) is 10.9 Å². The molecule has 124 valence electrons. The molecular formula is C21H23NO2. The fourth-order valence-corrected chi connectivity index (χ4v) is 2.68. The maximum Gasteiger partial charge on any atom is 0.120 e. The SMILES string of the molecule is C[C@H](NC[C@H](O)COc1ccc2ccccc2c1)c1ccccc1. The highest BCUT2D eigenvalue weighted by Crippen LogP contribution is 2.20. The summed E-state index contributed by atoms with van der Waals surface area (Å²) in [7, 11) is 0. The van der Waals surface area contributed by atoms with Gasteiger partial charge in [-0.15, -0.1) is 0 Å². The summed E-state index contributed by atoms with van der Waals surface area (Å²) in [4.78, 5) is 0. The number of fused-ring (bicyclic) bond motifs is 1. The van der Waals surface area contributed by atoms with Crippen molar-refractivity contribution >= 4 is 10.8 Å². The molecule has 0 aliphatic rings. The normalized spacial score (nSPS) is 13.6. The van der Waals surface area contributed by atoms with Crippen LogP contribution in [0.4, 0.5) is 0 Å². The molecule has 24 heavy (non-hydrogen) atoms. The molecule has 3 aromatic carbocycles. The van der Waals surface area contributed by atoms with Crippen molar-refractivity contribution in [2.24, 2.45) is 0 Å². The minimum Gasteiger partial charge on any atom is -0.491 e. The number of aliphatic hydroxyl groups excluding tert-OH is 1. The first-order valence-corrected chi connectivity index (χ1v) is 8.30. The molecule has 2 N–H and O–H groups in total. The van der Waals surface area contributed by atoms with Crippen molar-refractivity contribution in [3.63, 3.8) is 0 Å². The highest BCUT2D eigenvalue weighted by Gasteiger charge is 2.09. The van der Waals surface area contributed by atoms with Crippen molar-refractivity contribution in [1.82, 2.24) is 5.32 Å². The second-order valence-corrected chi connectivity index (χ2v) is 6.01. The number of hydrogen-bond donors (Lipinski definition) is 2. The monoisotopic (exact) mass is 321 g/mol. The van der Waals surface area contributed by atoms with Gasteiger partial charge >= 0.3 is 0 Å². The number of aliphatic hydroxyl groups is 1. The summed E-state index contributed by atoms with van der Waals surface area (Å²) >= 11 is 0. The number of hydrogen-bond acceptors (Lipinski definition) is 3. The standard InChI is InChI=1S/C21H23NO2/c1-16(17-7-3-2-4-8-17)22-14-20(23)15-24-21-12-11-18-9-5-6-10-19(18)13-21/h2-13,16,20,22-23H,14-15H2,1H3/t16-,20-/m0/s1. The Morgan fingerprint density at radius 3 is 2.42 bits per heavy atom. The molecule has 0 amide bonds. The molecule has 2 atom stereocenters. The van der Waals surface area contributed by atoms with Crippen molar-refractivity contribution in [3.05, 3.63) is 78.4 Å². The zero-order valence-corrected chi connectivity index (χ0v) is 13.9. The molecule has 0 saturated carbocycles. The molecule has 0 heterocycles. The van der Waals surface area contributed by atoms with E-state index in [2.05, 4.69) is 36.5 Å². The van der Waals surface area contributed by atoms with Crippen molar-refractivity contribution in [3.8, 4) is 5.75 Å². The third-order valence-corrected chi connectivity index (χ3v) is 4.12. The minimum atomic E-state index is -0.553. The van der Waals surface area contributed by atoms with E-state index in [1.54, 1.807) is 0 Å². The second kappa shape index (κ2) is 7.95. The summed E-state index contributed by atoms with van der Waals surface area (Å²) in [5.41, 5.74) is 1.21. The molecule has 3 rings (SSSR count). The number of nitrogens with one attached hydrogen (secondary N) is 1. The van der Waals surface area contributed by atoms with Crippen LogP contribution in [-0.2, 0) is 0 Å². The fraction of sp³-hybridized carbons (Fsp3) is 0.238. The minimum absolute atomic E-state index is 0.196. The number of rotatable bonds is 7. The van der Waals surface area contributed by atoms with Crippen molar-refractivity contribution in [1.29, 1.82) is 0 Å². The molecule has 0 spiro atoms. The van der Waals surface area contributed by atoms with Gasteiger partial charge in [-0.2, -0.15) is 0 Å². The summed E-state index contributed by atoms with van der Waals surface area (Å²) in [6, 6.07) is 24.5. The zero-order chi connectivity index (χ0) is 16.8. The molecule has 0 aliphatic heterocycles. The lowest BCUT2D eigenvalue weighted by Gasteiger charge is -2.18. The van der Waals surface area contributed by atoms with Gasteiger partial charge < -0.3 is 15.2 Å². The Hall–Kier alpha value is -2.36. The van der Waals surface area contributed by atoms with E-state index in [9.17, 15) is 5.11 Å². The van der Waals surface area contributed by atoms with Gasteiger partial charge in [0.15, 0.2) is 0 Å². The summed E-state index contributed by atoms with van der Waals surface area (Å²) in [6.45, 7) is 2.85. The Labute approximate surface area is 142 Å². The van der Waals surface area contributed by atoms with Crippen molar-refractivity contribution < 1.29 is 9.84 Å². The van der Waals surface area contributed by atoms with E-state index in [4.69, 9.17) is 4.74 Å². The number of benzene rings is 3. The topological polar surface area (TPSA) is 41.5 Å². The largest absolute Gasteiger partial charge is 0.491 e. The van der Waals surface area contributed by atoms with Gasteiger partial charge in [-0.25, -0.2) is 0 Å². The van der Waals surface area contributed by atoms with E-state index in [0.717, 1.165) is 11.1 Å². The molecule has 0 aliphatic carbocycles. The molecule has 3 nitrogen and oxygen atoms in total. The second-order valence-electron chi connectivity index (χ2n) is 6.01. The molecule has 3 aromatic rings. The Morgan fingerprint density at radius 1 is 0.917 bits per heavy atom. The summed E-state index contributed by atoms with van der Waals surface area (Å²) in [5, 5.41) is 15.8. The van der Waals surface area contributed by atoms with Gasteiger partial charge in [-0.05, 0) is 35.4 Å². The van der Waals surface area contributed by atoms with Crippen LogP contribution >= 0.6 is 0 Å². The maximum absolute atomic E-state index is 10.1. The lowest BCUT2D eigenvalue weighted by molar-refractivity contribution is 0.104. The van der Waals surface area contributed by atoms with E-state index in [0.29, 0.717) is 6.54 Å². The Morgan fingerprint density at radius 2 is 1.62 bits per heavy atom. The van der Waals surface area contributed by atoms with Crippen LogP contribution in [0.5, 0.6) is 5.75 Å². The van der Waals surface area contributed by atoms with Crippen LogP contribution in [0.3, 0.4) is 0 Å². The Kier molecular flexibility index (Phi) is 5.47. The average Bonchev–Trinajstić information content (AvgIpc) is 2.65. The molecule has 0 aromatic heterocycles. The first-order valence-electron chi connectivity index (χ1n) is 8.30. The van der Waals surface area contributed by atoms with E-state index in [-0.39, 0.29) is 12.6 Å². The van der Waals surface area contributed by atoms with Gasteiger partial charge in [0.05, 0.1) is 0 Å². The summed E-state index contributed by atoms with van der Waals surface area (Å²) in [6.07, 6.45) is -0.553.